The number of benzene rings is 1. The average Bonchev–Trinajstić information content (AvgIpc) is 2.33. The maximum absolute atomic E-state index is 11.8. The van der Waals surface area contributed by atoms with E-state index in [0.29, 0.717) is 23.7 Å². The lowest BCUT2D eigenvalue weighted by atomic mass is 10.2. The molecule has 0 aliphatic heterocycles. The molecular weight excluding hydrogens is 432 g/mol. The number of methoxy groups -OCH3 is 1. The van der Waals surface area contributed by atoms with Gasteiger partial charge in [0.25, 0.3) is 5.91 Å². The predicted molar refractivity (Wildman–Crippen MR) is 85.7 cm³/mol. The van der Waals surface area contributed by atoms with Gasteiger partial charge in [-0.15, -0.1) is 0 Å². The third-order valence-corrected chi connectivity index (χ3v) is 4.57. The van der Waals surface area contributed by atoms with Crippen LogP contribution in [0.25, 0.3) is 0 Å². The van der Waals surface area contributed by atoms with E-state index in [4.69, 9.17) is 16.3 Å². The number of amides is 1. The van der Waals surface area contributed by atoms with Gasteiger partial charge in [0.15, 0.2) is 0 Å². The lowest BCUT2D eigenvalue weighted by Gasteiger charge is -2.09. The standard InChI is InChI=1S/C12H14BrClINO2/c1-18-7-9(13)4-5-16-12(17)8-2-3-11(15)10(14)6-8/h2-3,6,9H,4-5,7H2,1H3,(H,16,17). The smallest absolute Gasteiger partial charge is 0.251 e. The summed E-state index contributed by atoms with van der Waals surface area (Å²) in [5, 5.41) is 3.45. The molecule has 0 saturated heterocycles. The normalized spacial score (nSPS) is 12.2. The summed E-state index contributed by atoms with van der Waals surface area (Å²) in [5.74, 6) is -0.106. The van der Waals surface area contributed by atoms with Gasteiger partial charge in [0, 0.05) is 27.6 Å². The highest BCUT2D eigenvalue weighted by Crippen LogP contribution is 2.19. The second kappa shape index (κ2) is 8.35. The van der Waals surface area contributed by atoms with Crippen molar-refractivity contribution in [3.8, 4) is 0 Å². The van der Waals surface area contributed by atoms with E-state index in [1.165, 1.54) is 0 Å². The maximum atomic E-state index is 11.8. The molecule has 0 aliphatic rings. The molecule has 1 N–H and O–H groups in total. The van der Waals surface area contributed by atoms with E-state index < -0.39 is 0 Å². The van der Waals surface area contributed by atoms with Crippen molar-refractivity contribution in [3.05, 3.63) is 32.4 Å². The molecule has 18 heavy (non-hydrogen) atoms. The molecule has 1 aromatic rings. The Morgan fingerprint density at radius 3 is 2.94 bits per heavy atom. The molecule has 0 saturated carbocycles. The minimum absolute atomic E-state index is 0.106. The zero-order chi connectivity index (χ0) is 13.5. The summed E-state index contributed by atoms with van der Waals surface area (Å²) in [4.78, 5) is 12.1. The van der Waals surface area contributed by atoms with Gasteiger partial charge in [-0.2, -0.15) is 0 Å². The molecule has 1 aromatic carbocycles. The fraction of sp³-hybridized carbons (Fsp3) is 0.417. The molecule has 0 radical (unpaired) electrons. The van der Waals surface area contributed by atoms with E-state index in [9.17, 15) is 4.79 Å². The Labute approximate surface area is 134 Å². The largest absolute Gasteiger partial charge is 0.384 e. The SMILES string of the molecule is COCC(Br)CCNC(=O)c1ccc(I)c(Cl)c1. The van der Waals surface area contributed by atoms with E-state index in [1.54, 1.807) is 19.2 Å². The van der Waals surface area contributed by atoms with Gasteiger partial charge in [0.05, 0.1) is 11.6 Å². The first-order chi connectivity index (χ1) is 8.54. The quantitative estimate of drug-likeness (QED) is 0.537. The van der Waals surface area contributed by atoms with Gasteiger partial charge in [0.1, 0.15) is 0 Å². The molecule has 3 nitrogen and oxygen atoms in total. The second-order valence-corrected chi connectivity index (χ2v) is 6.59. The Balaban J connectivity index is 2.43. The van der Waals surface area contributed by atoms with Gasteiger partial charge in [-0.05, 0) is 47.2 Å². The molecule has 1 atom stereocenters. The van der Waals surface area contributed by atoms with E-state index >= 15 is 0 Å². The summed E-state index contributed by atoms with van der Waals surface area (Å²) >= 11 is 11.6. The number of carbonyl (C=O) groups is 1. The van der Waals surface area contributed by atoms with Crippen molar-refractivity contribution >= 4 is 56.0 Å². The predicted octanol–water partition coefficient (Wildman–Crippen LogP) is 3.47. The summed E-state index contributed by atoms with van der Waals surface area (Å²) in [7, 11) is 1.65. The first-order valence-corrected chi connectivity index (χ1v) is 7.78. The van der Waals surface area contributed by atoms with Crippen LogP contribution in [0.1, 0.15) is 16.8 Å². The van der Waals surface area contributed by atoms with E-state index in [2.05, 4.69) is 43.8 Å². The van der Waals surface area contributed by atoms with Crippen LogP contribution in [0.4, 0.5) is 0 Å². The zero-order valence-electron chi connectivity index (χ0n) is 9.88. The molecule has 0 fully saturated rings. The molecule has 1 amide bonds. The Morgan fingerprint density at radius 2 is 2.33 bits per heavy atom. The van der Waals surface area contributed by atoms with Crippen molar-refractivity contribution in [2.24, 2.45) is 0 Å². The molecule has 0 aliphatic carbocycles. The molecule has 1 rings (SSSR count). The van der Waals surface area contributed by atoms with Crippen LogP contribution in [0.5, 0.6) is 0 Å². The minimum atomic E-state index is -0.106. The van der Waals surface area contributed by atoms with Crippen molar-refractivity contribution in [1.29, 1.82) is 0 Å². The van der Waals surface area contributed by atoms with Gasteiger partial charge >= 0.3 is 0 Å². The highest BCUT2D eigenvalue weighted by atomic mass is 127. The van der Waals surface area contributed by atoms with Gasteiger partial charge in [-0.1, -0.05) is 27.5 Å². The number of hydrogen-bond donors (Lipinski definition) is 1. The van der Waals surface area contributed by atoms with Gasteiger partial charge in [-0.25, -0.2) is 0 Å². The van der Waals surface area contributed by atoms with Crippen molar-refractivity contribution < 1.29 is 9.53 Å². The van der Waals surface area contributed by atoms with Gasteiger partial charge < -0.3 is 10.1 Å². The number of halogens is 3. The summed E-state index contributed by atoms with van der Waals surface area (Å²) in [6.45, 7) is 1.23. The monoisotopic (exact) mass is 445 g/mol. The van der Waals surface area contributed by atoms with Crippen LogP contribution in [-0.4, -0.2) is 31.0 Å². The summed E-state index contributed by atoms with van der Waals surface area (Å²) in [6.07, 6.45) is 0.817. The van der Waals surface area contributed by atoms with E-state index in [1.807, 2.05) is 6.07 Å². The van der Waals surface area contributed by atoms with Gasteiger partial charge in [-0.3, -0.25) is 4.79 Å². The number of rotatable bonds is 6. The fourth-order valence-electron chi connectivity index (χ4n) is 1.35. The number of hydrogen-bond acceptors (Lipinski definition) is 2. The molecule has 0 spiro atoms. The van der Waals surface area contributed by atoms with Crippen LogP contribution in [-0.2, 0) is 4.74 Å². The third kappa shape index (κ3) is 5.42. The molecule has 6 heteroatoms. The van der Waals surface area contributed by atoms with E-state index in [-0.39, 0.29) is 10.7 Å². The summed E-state index contributed by atoms with van der Waals surface area (Å²) < 4.78 is 5.93. The Hall–Kier alpha value is 0.150. The number of ether oxygens (including phenoxy) is 1. The molecule has 0 heterocycles. The van der Waals surface area contributed by atoms with Crippen LogP contribution in [0.3, 0.4) is 0 Å². The Kier molecular flexibility index (Phi) is 7.51. The second-order valence-electron chi connectivity index (χ2n) is 3.73. The molecule has 100 valence electrons. The number of alkyl halides is 1. The Morgan fingerprint density at radius 1 is 1.61 bits per heavy atom. The van der Waals surface area contributed by atoms with Crippen LogP contribution < -0.4 is 5.32 Å². The summed E-state index contributed by atoms with van der Waals surface area (Å²) in [6, 6.07) is 5.28. The maximum Gasteiger partial charge on any atom is 0.251 e. The summed E-state index contributed by atoms with van der Waals surface area (Å²) in [5.41, 5.74) is 0.582. The fourth-order valence-corrected chi connectivity index (χ4v) is 2.36. The van der Waals surface area contributed by atoms with Crippen molar-refractivity contribution in [1.82, 2.24) is 5.32 Å². The van der Waals surface area contributed by atoms with E-state index in [0.717, 1.165) is 9.99 Å². The highest BCUT2D eigenvalue weighted by molar-refractivity contribution is 14.1. The topological polar surface area (TPSA) is 38.3 Å². The average molecular weight is 447 g/mol. The Bertz CT molecular complexity index is 417. The molecule has 0 aromatic heterocycles. The molecule has 0 bridgehead atoms. The highest BCUT2D eigenvalue weighted by Gasteiger charge is 2.08. The van der Waals surface area contributed by atoms with Crippen LogP contribution in [0.2, 0.25) is 5.02 Å². The van der Waals surface area contributed by atoms with Crippen LogP contribution >= 0.6 is 50.1 Å². The van der Waals surface area contributed by atoms with Crippen molar-refractivity contribution in [2.45, 2.75) is 11.2 Å². The lowest BCUT2D eigenvalue weighted by Crippen LogP contribution is -2.26. The minimum Gasteiger partial charge on any atom is -0.384 e. The lowest BCUT2D eigenvalue weighted by molar-refractivity contribution is 0.0952. The van der Waals surface area contributed by atoms with Crippen LogP contribution in [0, 0.1) is 3.57 Å². The number of nitrogens with one attached hydrogen (secondary N) is 1. The first-order valence-electron chi connectivity index (χ1n) is 5.41. The molecule has 1 unspecified atom stereocenters. The number of carbonyl (C=O) groups excluding carboxylic acids is 1. The zero-order valence-corrected chi connectivity index (χ0v) is 14.4. The van der Waals surface area contributed by atoms with Gasteiger partial charge in [0.2, 0.25) is 0 Å². The molecular formula is C12H14BrClINO2. The van der Waals surface area contributed by atoms with Crippen molar-refractivity contribution in [3.63, 3.8) is 0 Å². The van der Waals surface area contributed by atoms with Crippen LogP contribution in [0.15, 0.2) is 18.2 Å². The first kappa shape index (κ1) is 16.2. The van der Waals surface area contributed by atoms with Crippen molar-refractivity contribution in [2.75, 3.05) is 20.3 Å². The third-order valence-electron chi connectivity index (χ3n) is 2.27.